The summed E-state index contributed by atoms with van der Waals surface area (Å²) >= 11 is 0. The minimum absolute atomic E-state index is 0.0945. The van der Waals surface area contributed by atoms with Crippen molar-refractivity contribution in [2.75, 3.05) is 33.3 Å². The highest BCUT2D eigenvalue weighted by molar-refractivity contribution is 5.69. The summed E-state index contributed by atoms with van der Waals surface area (Å²) in [6.07, 6.45) is 4.04. The molecule has 1 saturated heterocycles. The van der Waals surface area contributed by atoms with Crippen LogP contribution in [0.25, 0.3) is 0 Å². The first-order chi connectivity index (χ1) is 8.90. The van der Waals surface area contributed by atoms with Gasteiger partial charge in [-0.1, -0.05) is 0 Å². The van der Waals surface area contributed by atoms with Crippen LogP contribution in [0.15, 0.2) is 0 Å². The lowest BCUT2D eigenvalue weighted by Gasteiger charge is -2.34. The van der Waals surface area contributed by atoms with Crippen molar-refractivity contribution < 1.29 is 9.53 Å². The molecule has 0 spiro atoms. The fourth-order valence-corrected chi connectivity index (χ4v) is 2.52. The fraction of sp³-hybridized carbons (Fsp3) is 0.933. The Kier molecular flexibility index (Phi) is 6.80. The van der Waals surface area contributed by atoms with E-state index < -0.39 is 0 Å². The highest BCUT2D eigenvalue weighted by Gasteiger charge is 2.21. The van der Waals surface area contributed by atoms with Crippen molar-refractivity contribution in [2.24, 2.45) is 5.92 Å². The van der Waals surface area contributed by atoms with E-state index in [4.69, 9.17) is 0 Å². The largest absolute Gasteiger partial charge is 0.469 e. The predicted octanol–water partition coefficient (Wildman–Crippen LogP) is 2.04. The molecule has 0 bridgehead atoms. The maximum Gasteiger partial charge on any atom is 0.305 e. The van der Waals surface area contributed by atoms with Gasteiger partial charge in [-0.05, 0) is 65.6 Å². The molecular weight excluding hydrogens is 240 g/mol. The van der Waals surface area contributed by atoms with E-state index >= 15 is 0 Å². The molecule has 1 fully saturated rings. The SMILES string of the molecule is COC(=O)CCCN1CCCC(CNC(C)(C)C)C1. The number of ether oxygens (including phenoxy) is 1. The minimum Gasteiger partial charge on any atom is -0.469 e. The molecule has 0 radical (unpaired) electrons. The van der Waals surface area contributed by atoms with E-state index in [1.807, 2.05) is 0 Å². The zero-order chi connectivity index (χ0) is 14.3. The van der Waals surface area contributed by atoms with Crippen molar-refractivity contribution in [3.63, 3.8) is 0 Å². The van der Waals surface area contributed by atoms with Crippen molar-refractivity contribution in [3.05, 3.63) is 0 Å². The minimum atomic E-state index is -0.0945. The molecule has 0 aromatic rings. The van der Waals surface area contributed by atoms with Crippen LogP contribution in [0.2, 0.25) is 0 Å². The molecule has 1 rings (SSSR count). The van der Waals surface area contributed by atoms with E-state index in [1.165, 1.54) is 26.5 Å². The average molecular weight is 270 g/mol. The summed E-state index contributed by atoms with van der Waals surface area (Å²) in [5.74, 6) is 0.647. The van der Waals surface area contributed by atoms with Crippen LogP contribution in [0.4, 0.5) is 0 Å². The molecule has 1 aliphatic rings. The van der Waals surface area contributed by atoms with Crippen molar-refractivity contribution in [3.8, 4) is 0 Å². The Bertz CT molecular complexity index is 274. The van der Waals surface area contributed by atoms with Crippen LogP contribution in [-0.2, 0) is 9.53 Å². The first-order valence-corrected chi connectivity index (χ1v) is 7.45. The lowest BCUT2D eigenvalue weighted by molar-refractivity contribution is -0.140. The Hall–Kier alpha value is -0.610. The number of hydrogen-bond acceptors (Lipinski definition) is 4. The number of hydrogen-bond donors (Lipinski definition) is 1. The number of esters is 1. The summed E-state index contributed by atoms with van der Waals surface area (Å²) in [6, 6.07) is 0. The van der Waals surface area contributed by atoms with Gasteiger partial charge < -0.3 is 15.0 Å². The smallest absolute Gasteiger partial charge is 0.305 e. The second-order valence-corrected chi connectivity index (χ2v) is 6.62. The number of methoxy groups -OCH3 is 1. The third-order valence-electron chi connectivity index (χ3n) is 3.61. The van der Waals surface area contributed by atoms with E-state index in [2.05, 4.69) is 35.7 Å². The highest BCUT2D eigenvalue weighted by Crippen LogP contribution is 2.17. The number of likely N-dealkylation sites (tertiary alicyclic amines) is 1. The molecule has 19 heavy (non-hydrogen) atoms. The van der Waals surface area contributed by atoms with Crippen molar-refractivity contribution in [2.45, 2.75) is 52.0 Å². The Balaban J connectivity index is 2.20. The van der Waals surface area contributed by atoms with Crippen molar-refractivity contribution >= 4 is 5.97 Å². The third kappa shape index (κ3) is 7.53. The Labute approximate surface area is 117 Å². The van der Waals surface area contributed by atoms with Crippen LogP contribution < -0.4 is 5.32 Å². The summed E-state index contributed by atoms with van der Waals surface area (Å²) in [6.45, 7) is 11.1. The van der Waals surface area contributed by atoms with Crippen molar-refractivity contribution in [1.82, 2.24) is 10.2 Å². The van der Waals surface area contributed by atoms with E-state index in [0.717, 1.165) is 32.0 Å². The Morgan fingerprint density at radius 2 is 2.16 bits per heavy atom. The second-order valence-electron chi connectivity index (χ2n) is 6.62. The van der Waals surface area contributed by atoms with Gasteiger partial charge in [0.25, 0.3) is 0 Å². The standard InChI is InChI=1S/C15H30N2O2/c1-15(2,3)16-11-13-7-5-9-17(12-13)10-6-8-14(18)19-4/h13,16H,5-12H2,1-4H3. The Morgan fingerprint density at radius 1 is 1.42 bits per heavy atom. The first kappa shape index (κ1) is 16.4. The fourth-order valence-electron chi connectivity index (χ4n) is 2.52. The maximum atomic E-state index is 11.1. The monoisotopic (exact) mass is 270 g/mol. The zero-order valence-corrected chi connectivity index (χ0v) is 13.0. The van der Waals surface area contributed by atoms with Gasteiger partial charge in [-0.2, -0.15) is 0 Å². The molecule has 1 atom stereocenters. The van der Waals surface area contributed by atoms with Gasteiger partial charge in [-0.15, -0.1) is 0 Å². The summed E-state index contributed by atoms with van der Waals surface area (Å²) in [7, 11) is 1.46. The number of nitrogens with zero attached hydrogens (tertiary/aromatic N) is 1. The molecule has 0 aliphatic carbocycles. The van der Waals surface area contributed by atoms with Gasteiger partial charge >= 0.3 is 5.97 Å². The molecule has 0 aromatic heterocycles. The molecule has 0 aromatic carbocycles. The van der Waals surface area contributed by atoms with Crippen LogP contribution in [-0.4, -0.2) is 49.7 Å². The second kappa shape index (κ2) is 7.85. The third-order valence-corrected chi connectivity index (χ3v) is 3.61. The average Bonchev–Trinajstić information content (AvgIpc) is 2.36. The topological polar surface area (TPSA) is 41.6 Å². The van der Waals surface area contributed by atoms with E-state index in [-0.39, 0.29) is 11.5 Å². The molecular formula is C15H30N2O2. The van der Waals surface area contributed by atoms with Crippen LogP contribution in [0.5, 0.6) is 0 Å². The van der Waals surface area contributed by atoms with E-state index in [0.29, 0.717) is 6.42 Å². The van der Waals surface area contributed by atoms with Crippen LogP contribution >= 0.6 is 0 Å². The summed E-state index contributed by atoms with van der Waals surface area (Å²) in [4.78, 5) is 13.6. The Morgan fingerprint density at radius 3 is 2.79 bits per heavy atom. The molecule has 0 saturated carbocycles. The van der Waals surface area contributed by atoms with E-state index in [9.17, 15) is 4.79 Å². The van der Waals surface area contributed by atoms with Gasteiger partial charge in [0.05, 0.1) is 7.11 Å². The van der Waals surface area contributed by atoms with Crippen molar-refractivity contribution in [1.29, 1.82) is 0 Å². The molecule has 1 heterocycles. The van der Waals surface area contributed by atoms with Gasteiger partial charge in [0.1, 0.15) is 0 Å². The molecule has 1 N–H and O–H groups in total. The zero-order valence-electron chi connectivity index (χ0n) is 13.0. The lowest BCUT2D eigenvalue weighted by atomic mass is 9.96. The highest BCUT2D eigenvalue weighted by atomic mass is 16.5. The van der Waals surface area contributed by atoms with Gasteiger partial charge in [-0.3, -0.25) is 4.79 Å². The summed E-state index contributed by atoms with van der Waals surface area (Å²) < 4.78 is 4.67. The number of nitrogens with one attached hydrogen (secondary N) is 1. The van der Waals surface area contributed by atoms with Gasteiger partial charge in [0.15, 0.2) is 0 Å². The van der Waals surface area contributed by atoms with Gasteiger partial charge in [0, 0.05) is 18.5 Å². The molecule has 1 aliphatic heterocycles. The van der Waals surface area contributed by atoms with Crippen LogP contribution in [0.1, 0.15) is 46.5 Å². The predicted molar refractivity (Wildman–Crippen MR) is 78.2 cm³/mol. The molecule has 112 valence electrons. The quantitative estimate of drug-likeness (QED) is 0.750. The molecule has 0 amide bonds. The van der Waals surface area contributed by atoms with Crippen LogP contribution in [0, 0.1) is 5.92 Å². The van der Waals surface area contributed by atoms with Gasteiger partial charge in [0.2, 0.25) is 0 Å². The molecule has 4 heteroatoms. The van der Waals surface area contributed by atoms with Crippen LogP contribution in [0.3, 0.4) is 0 Å². The number of rotatable bonds is 6. The first-order valence-electron chi connectivity index (χ1n) is 7.45. The number of carbonyl (C=O) groups excluding carboxylic acids is 1. The lowest BCUT2D eigenvalue weighted by Crippen LogP contribution is -2.44. The maximum absolute atomic E-state index is 11.1. The van der Waals surface area contributed by atoms with Gasteiger partial charge in [-0.25, -0.2) is 0 Å². The number of piperidine rings is 1. The summed E-state index contributed by atoms with van der Waals surface area (Å²) in [5.41, 5.74) is 0.202. The van der Waals surface area contributed by atoms with E-state index in [1.54, 1.807) is 0 Å². The summed E-state index contributed by atoms with van der Waals surface area (Å²) in [5, 5.41) is 3.59. The molecule has 1 unspecified atom stereocenters. The normalized spacial score (nSPS) is 21.4. The number of carbonyl (C=O) groups is 1. The molecule has 4 nitrogen and oxygen atoms in total.